The number of carbonyl (C=O) groups excluding carboxylic acids is 1. The number of nitrogens with one attached hydrogen (secondary N) is 1. The monoisotopic (exact) mass is 477 g/mol. The number of nitriles is 1. The van der Waals surface area contributed by atoms with Crippen LogP contribution in [0.5, 0.6) is 11.5 Å². The topological polar surface area (TPSA) is 114 Å². The molecule has 9 heteroatoms. The number of halogens is 1. The molecule has 8 nitrogen and oxygen atoms in total. The van der Waals surface area contributed by atoms with Gasteiger partial charge in [0.05, 0.1) is 17.1 Å². The minimum Gasteiger partial charge on any atom is -0.493 e. The number of amides is 1. The number of aryl methyl sites for hydroxylation is 1. The van der Waals surface area contributed by atoms with E-state index in [0.717, 1.165) is 5.56 Å². The highest BCUT2D eigenvalue weighted by Crippen LogP contribution is 2.37. The summed E-state index contributed by atoms with van der Waals surface area (Å²) in [6.07, 6.45) is 1.40. The molecule has 0 fully saturated rings. The molecule has 0 saturated heterocycles. The highest BCUT2D eigenvalue weighted by atomic mass is 35.5. The molecule has 0 saturated carbocycles. The van der Waals surface area contributed by atoms with Gasteiger partial charge in [-0.1, -0.05) is 29.3 Å². The molecular formula is C25H20ClN3O5. The van der Waals surface area contributed by atoms with Gasteiger partial charge in [0.2, 0.25) is 0 Å². The maximum Gasteiger partial charge on any atom is 0.269 e. The number of carbonyl (C=O) groups is 1. The average molecular weight is 478 g/mol. The maximum atomic E-state index is 12.5. The molecule has 0 aliphatic rings. The fourth-order valence-corrected chi connectivity index (χ4v) is 3.26. The van der Waals surface area contributed by atoms with Crippen LogP contribution in [0.4, 0.5) is 11.4 Å². The first-order chi connectivity index (χ1) is 16.3. The SMILES string of the molecule is COc1cc(/C=C(\C#N)C(=O)Nc2ccc(C)cc2)cc(Cl)c1OCc1ccc([N+](=O)[O-])cc1. The number of methoxy groups -OCH3 is 1. The van der Waals surface area contributed by atoms with E-state index in [4.69, 9.17) is 21.1 Å². The molecule has 0 aromatic heterocycles. The molecule has 1 N–H and O–H groups in total. The maximum absolute atomic E-state index is 12.5. The van der Waals surface area contributed by atoms with Crippen molar-refractivity contribution in [3.8, 4) is 17.6 Å². The Labute approximate surface area is 201 Å². The van der Waals surface area contributed by atoms with Crippen LogP contribution in [0.25, 0.3) is 6.08 Å². The van der Waals surface area contributed by atoms with Gasteiger partial charge in [-0.15, -0.1) is 0 Å². The van der Waals surface area contributed by atoms with E-state index in [1.165, 1.54) is 25.3 Å². The molecule has 0 spiro atoms. The van der Waals surface area contributed by atoms with Crippen molar-refractivity contribution >= 4 is 35.0 Å². The molecule has 0 radical (unpaired) electrons. The number of hydrogen-bond donors (Lipinski definition) is 1. The average Bonchev–Trinajstić information content (AvgIpc) is 2.83. The number of nitrogens with zero attached hydrogens (tertiary/aromatic N) is 2. The van der Waals surface area contributed by atoms with Gasteiger partial charge in [-0.05, 0) is 60.5 Å². The number of nitro benzene ring substituents is 1. The molecule has 0 heterocycles. The van der Waals surface area contributed by atoms with Crippen LogP contribution in [0, 0.1) is 28.4 Å². The summed E-state index contributed by atoms with van der Waals surface area (Å²) in [5.41, 5.74) is 2.66. The van der Waals surface area contributed by atoms with E-state index in [2.05, 4.69) is 5.32 Å². The molecule has 172 valence electrons. The van der Waals surface area contributed by atoms with Gasteiger partial charge >= 0.3 is 0 Å². The van der Waals surface area contributed by atoms with E-state index in [1.807, 2.05) is 25.1 Å². The van der Waals surface area contributed by atoms with Gasteiger partial charge in [0.1, 0.15) is 18.2 Å². The zero-order valence-corrected chi connectivity index (χ0v) is 19.1. The Kier molecular flexibility index (Phi) is 7.85. The second-order valence-corrected chi connectivity index (χ2v) is 7.64. The van der Waals surface area contributed by atoms with E-state index in [-0.39, 0.29) is 28.6 Å². The molecule has 0 aliphatic carbocycles. The van der Waals surface area contributed by atoms with Gasteiger partial charge in [0, 0.05) is 17.8 Å². The van der Waals surface area contributed by atoms with Crippen LogP contribution >= 0.6 is 11.6 Å². The van der Waals surface area contributed by atoms with Crippen LogP contribution in [0.15, 0.2) is 66.2 Å². The fraction of sp³-hybridized carbons (Fsp3) is 0.120. The molecule has 3 aromatic carbocycles. The van der Waals surface area contributed by atoms with Gasteiger partial charge in [0.15, 0.2) is 11.5 Å². The van der Waals surface area contributed by atoms with Gasteiger partial charge < -0.3 is 14.8 Å². The van der Waals surface area contributed by atoms with E-state index in [1.54, 1.807) is 36.4 Å². The predicted molar refractivity (Wildman–Crippen MR) is 129 cm³/mol. The first kappa shape index (κ1) is 24.3. The summed E-state index contributed by atoms with van der Waals surface area (Å²) in [6.45, 7) is 2.04. The molecule has 0 atom stereocenters. The molecular weight excluding hydrogens is 458 g/mol. The van der Waals surface area contributed by atoms with Crippen molar-refractivity contribution in [2.75, 3.05) is 12.4 Å². The van der Waals surface area contributed by atoms with Crippen molar-refractivity contribution in [3.63, 3.8) is 0 Å². The predicted octanol–water partition coefficient (Wildman–Crippen LogP) is 5.69. The van der Waals surface area contributed by atoms with Crippen molar-refractivity contribution in [1.82, 2.24) is 0 Å². The van der Waals surface area contributed by atoms with Crippen molar-refractivity contribution in [1.29, 1.82) is 5.26 Å². The van der Waals surface area contributed by atoms with Crippen molar-refractivity contribution < 1.29 is 19.2 Å². The first-order valence-electron chi connectivity index (χ1n) is 10.0. The number of non-ortho nitro benzene ring substituents is 1. The zero-order chi connectivity index (χ0) is 24.7. The lowest BCUT2D eigenvalue weighted by molar-refractivity contribution is -0.384. The smallest absolute Gasteiger partial charge is 0.269 e. The Morgan fingerprint density at radius 2 is 1.85 bits per heavy atom. The van der Waals surface area contributed by atoms with Crippen molar-refractivity contribution in [3.05, 3.63) is 98.1 Å². The largest absolute Gasteiger partial charge is 0.493 e. The van der Waals surface area contributed by atoms with E-state index < -0.39 is 10.8 Å². The summed E-state index contributed by atoms with van der Waals surface area (Å²) >= 11 is 6.39. The molecule has 3 aromatic rings. The van der Waals surface area contributed by atoms with Gasteiger partial charge in [0.25, 0.3) is 11.6 Å². The normalized spacial score (nSPS) is 10.8. The Morgan fingerprint density at radius 3 is 2.44 bits per heavy atom. The summed E-state index contributed by atoms with van der Waals surface area (Å²) in [7, 11) is 1.44. The number of nitro groups is 1. The summed E-state index contributed by atoms with van der Waals surface area (Å²) < 4.78 is 11.2. The Balaban J connectivity index is 1.78. The Bertz CT molecular complexity index is 1280. The molecule has 3 rings (SSSR count). The van der Waals surface area contributed by atoms with Gasteiger partial charge in [-0.2, -0.15) is 5.26 Å². The lowest BCUT2D eigenvalue weighted by Crippen LogP contribution is -2.13. The van der Waals surface area contributed by atoms with Crippen LogP contribution in [-0.4, -0.2) is 17.9 Å². The minimum atomic E-state index is -0.556. The summed E-state index contributed by atoms with van der Waals surface area (Å²) in [6, 6.07) is 18.2. The third-order valence-corrected chi connectivity index (χ3v) is 5.05. The summed E-state index contributed by atoms with van der Waals surface area (Å²) in [5, 5.41) is 23.2. The summed E-state index contributed by atoms with van der Waals surface area (Å²) in [4.78, 5) is 22.8. The fourth-order valence-electron chi connectivity index (χ4n) is 2.98. The standard InChI is InChI=1S/C25H20ClN3O5/c1-16-3-7-20(8-4-16)28-25(30)19(14-27)11-18-12-22(26)24(23(13-18)33-2)34-15-17-5-9-21(10-6-17)29(31)32/h3-13H,15H2,1-2H3,(H,28,30)/b19-11+. The van der Waals surface area contributed by atoms with Gasteiger partial charge in [-0.3, -0.25) is 14.9 Å². The number of hydrogen-bond acceptors (Lipinski definition) is 6. The van der Waals surface area contributed by atoms with E-state index >= 15 is 0 Å². The van der Waals surface area contributed by atoms with Crippen LogP contribution in [0.1, 0.15) is 16.7 Å². The molecule has 0 bridgehead atoms. The van der Waals surface area contributed by atoms with Crippen LogP contribution in [-0.2, 0) is 11.4 Å². The highest BCUT2D eigenvalue weighted by molar-refractivity contribution is 6.32. The van der Waals surface area contributed by atoms with Crippen molar-refractivity contribution in [2.24, 2.45) is 0 Å². The molecule has 34 heavy (non-hydrogen) atoms. The Hall–Kier alpha value is -4.35. The minimum absolute atomic E-state index is 0.0183. The molecule has 1 amide bonds. The Morgan fingerprint density at radius 1 is 1.18 bits per heavy atom. The van der Waals surface area contributed by atoms with Crippen LogP contribution in [0.3, 0.4) is 0 Å². The van der Waals surface area contributed by atoms with E-state index in [0.29, 0.717) is 22.6 Å². The highest BCUT2D eigenvalue weighted by Gasteiger charge is 2.15. The third kappa shape index (κ3) is 6.12. The number of ether oxygens (including phenoxy) is 2. The quantitative estimate of drug-likeness (QED) is 0.193. The number of benzene rings is 3. The van der Waals surface area contributed by atoms with Crippen LogP contribution in [0.2, 0.25) is 5.02 Å². The van der Waals surface area contributed by atoms with Crippen LogP contribution < -0.4 is 14.8 Å². The van der Waals surface area contributed by atoms with E-state index in [9.17, 15) is 20.2 Å². The van der Waals surface area contributed by atoms with Crippen molar-refractivity contribution in [2.45, 2.75) is 13.5 Å². The van der Waals surface area contributed by atoms with Gasteiger partial charge in [-0.25, -0.2) is 0 Å². The molecule has 0 unspecified atom stereocenters. The number of rotatable bonds is 8. The lowest BCUT2D eigenvalue weighted by Gasteiger charge is -2.13. The third-order valence-electron chi connectivity index (χ3n) is 4.77. The number of anilines is 1. The second kappa shape index (κ2) is 11.0. The second-order valence-electron chi connectivity index (χ2n) is 7.24. The lowest BCUT2D eigenvalue weighted by atomic mass is 10.1. The summed E-state index contributed by atoms with van der Waals surface area (Å²) in [5.74, 6) is 0.0131. The molecule has 0 aliphatic heterocycles. The first-order valence-corrected chi connectivity index (χ1v) is 10.4. The zero-order valence-electron chi connectivity index (χ0n) is 18.4.